The molecular formula is C60H102N12. The lowest BCUT2D eigenvalue weighted by Gasteiger charge is -2.28. The summed E-state index contributed by atoms with van der Waals surface area (Å²) in [6.07, 6.45) is 11.2. The molecule has 3 aromatic carbocycles. The van der Waals surface area contributed by atoms with Crippen LogP contribution in [0.15, 0.2) is 92.0 Å². The molecule has 0 saturated heterocycles. The molecule has 3 atom stereocenters. The van der Waals surface area contributed by atoms with Gasteiger partial charge in [0, 0.05) is 50.6 Å². The van der Waals surface area contributed by atoms with E-state index in [1.807, 2.05) is 95.5 Å². The highest BCUT2D eigenvalue weighted by Crippen LogP contribution is 2.44. The number of anilines is 9. The van der Waals surface area contributed by atoms with E-state index in [0.29, 0.717) is 0 Å². The second-order valence-corrected chi connectivity index (χ2v) is 15.2. The van der Waals surface area contributed by atoms with Gasteiger partial charge in [-0.15, -0.1) is 0 Å². The van der Waals surface area contributed by atoms with Crippen LogP contribution in [0.2, 0.25) is 0 Å². The van der Waals surface area contributed by atoms with Crippen molar-refractivity contribution in [2.75, 3.05) is 50.5 Å². The summed E-state index contributed by atoms with van der Waals surface area (Å²) in [6, 6.07) is 19.2. The van der Waals surface area contributed by atoms with Gasteiger partial charge in [-0.05, 0) is 114 Å². The molecule has 6 heterocycles. The molecule has 12 nitrogen and oxygen atoms in total. The van der Waals surface area contributed by atoms with Crippen LogP contribution >= 0.6 is 0 Å². The summed E-state index contributed by atoms with van der Waals surface area (Å²) in [5.74, 6) is 3.85. The minimum absolute atomic E-state index is 0. The largest absolute Gasteiger partial charge is 0.350 e. The zero-order chi connectivity index (χ0) is 52.7. The Labute approximate surface area is 442 Å². The number of benzene rings is 3. The fourth-order valence-electron chi connectivity index (χ4n) is 7.83. The van der Waals surface area contributed by atoms with Crippen molar-refractivity contribution in [2.24, 2.45) is 0 Å². The number of aromatic nitrogens is 6. The molecular weight excluding hydrogens is 889 g/mol. The highest BCUT2D eigenvalue weighted by atomic mass is 15.5. The van der Waals surface area contributed by atoms with Crippen molar-refractivity contribution in [1.82, 2.24) is 29.9 Å². The van der Waals surface area contributed by atoms with E-state index >= 15 is 0 Å². The van der Waals surface area contributed by atoms with Gasteiger partial charge in [0.25, 0.3) is 0 Å². The van der Waals surface area contributed by atoms with Crippen molar-refractivity contribution >= 4 is 51.7 Å². The Morgan fingerprint density at radius 2 is 0.667 bits per heavy atom. The van der Waals surface area contributed by atoms with Crippen LogP contribution in [0.3, 0.4) is 0 Å². The first-order valence-electron chi connectivity index (χ1n) is 25.5. The van der Waals surface area contributed by atoms with E-state index in [2.05, 4.69) is 197 Å². The highest BCUT2D eigenvalue weighted by molar-refractivity contribution is 5.83. The van der Waals surface area contributed by atoms with Crippen molar-refractivity contribution in [3.8, 4) is 0 Å². The van der Waals surface area contributed by atoms with Gasteiger partial charge in [0.1, 0.15) is 42.5 Å². The van der Waals surface area contributed by atoms with Gasteiger partial charge < -0.3 is 29.4 Å². The Bertz CT molecular complexity index is 2140. The number of fused-ring (bicyclic) bond motifs is 3. The maximum Gasteiger partial charge on any atom is 0.178 e. The second-order valence-electron chi connectivity index (χ2n) is 15.2. The van der Waals surface area contributed by atoms with Gasteiger partial charge in [-0.2, -0.15) is 0 Å². The molecule has 402 valence electrons. The molecule has 0 spiro atoms. The fraction of sp³-hybridized carbons (Fsp3) is 0.500. The van der Waals surface area contributed by atoms with Crippen LogP contribution in [-0.4, -0.2) is 69.5 Å². The van der Waals surface area contributed by atoms with Gasteiger partial charge in [0.2, 0.25) is 0 Å². The maximum absolute atomic E-state index is 4.51. The van der Waals surface area contributed by atoms with Gasteiger partial charge in [0.15, 0.2) is 23.3 Å². The minimum Gasteiger partial charge on any atom is -0.350 e. The van der Waals surface area contributed by atoms with Crippen molar-refractivity contribution in [3.05, 3.63) is 125 Å². The Morgan fingerprint density at radius 1 is 0.347 bits per heavy atom. The van der Waals surface area contributed by atoms with Crippen LogP contribution in [0.5, 0.6) is 0 Å². The average molecular weight is 992 g/mol. The molecule has 3 aromatic heterocycles. The van der Waals surface area contributed by atoms with Crippen molar-refractivity contribution < 1.29 is 0 Å². The van der Waals surface area contributed by atoms with E-state index in [0.717, 1.165) is 34.6 Å². The van der Waals surface area contributed by atoms with Gasteiger partial charge in [0.05, 0.1) is 12.4 Å². The average Bonchev–Trinajstić information content (AvgIpc) is 3.92. The Hall–Kier alpha value is -6.30. The van der Waals surface area contributed by atoms with Gasteiger partial charge >= 0.3 is 0 Å². The molecule has 3 aliphatic rings. The molecule has 9 rings (SSSR count). The number of nitrogens with zero attached hydrogens (tertiary/aromatic N) is 12. The van der Waals surface area contributed by atoms with Crippen LogP contribution in [-0.2, 0) is 0 Å². The zero-order valence-electron chi connectivity index (χ0n) is 47.3. The molecule has 0 radical (unpaired) electrons. The summed E-state index contributed by atoms with van der Waals surface area (Å²) in [7, 11) is 6.21. The SMILES string of the molecule is C.C.C.CC.CC.CC.CC.CC.CC.Cc1cccc(N2c3cncnc3N(C)[C@@H]2C)c1C.Cc1cccc(N2c3nccnc3N(C)[C@@H]2C)c1C.Cc1cccc(N2c3ncncc3N(C)[C@@H]2C)c1C. The molecule has 6 aromatic rings. The lowest BCUT2D eigenvalue weighted by molar-refractivity contribution is 0.725. The smallest absolute Gasteiger partial charge is 0.178 e. The lowest BCUT2D eigenvalue weighted by atomic mass is 10.1. The highest BCUT2D eigenvalue weighted by Gasteiger charge is 2.36. The molecule has 0 fully saturated rings. The third kappa shape index (κ3) is 15.1. The van der Waals surface area contributed by atoms with Crippen molar-refractivity contribution in [1.29, 1.82) is 0 Å². The normalized spacial score (nSPS) is 14.6. The number of rotatable bonds is 3. The van der Waals surface area contributed by atoms with Crippen LogP contribution in [0.1, 0.15) is 160 Å². The Morgan fingerprint density at radius 3 is 1.10 bits per heavy atom. The van der Waals surface area contributed by atoms with Crippen molar-refractivity contribution in [2.45, 2.75) is 186 Å². The first-order valence-corrected chi connectivity index (χ1v) is 25.5. The minimum atomic E-state index is 0. The lowest BCUT2D eigenvalue weighted by Crippen LogP contribution is -2.36. The first kappa shape index (κ1) is 70.0. The third-order valence-corrected chi connectivity index (χ3v) is 12.1. The van der Waals surface area contributed by atoms with Crippen LogP contribution in [0.4, 0.5) is 51.7 Å². The number of hydrogen-bond donors (Lipinski definition) is 0. The third-order valence-electron chi connectivity index (χ3n) is 12.1. The zero-order valence-corrected chi connectivity index (χ0v) is 47.3. The number of hydrogen-bond acceptors (Lipinski definition) is 12. The van der Waals surface area contributed by atoms with E-state index in [4.69, 9.17) is 0 Å². The summed E-state index contributed by atoms with van der Waals surface area (Å²) >= 11 is 0. The first-order chi connectivity index (χ1) is 33.3. The van der Waals surface area contributed by atoms with Crippen molar-refractivity contribution in [3.63, 3.8) is 0 Å². The molecule has 0 unspecified atom stereocenters. The number of aryl methyl sites for hydroxylation is 3. The topological polar surface area (TPSA) is 96.8 Å². The van der Waals surface area contributed by atoms with E-state index < -0.39 is 0 Å². The maximum atomic E-state index is 4.51. The quantitative estimate of drug-likeness (QED) is 0.169. The molecule has 72 heavy (non-hydrogen) atoms. The van der Waals surface area contributed by atoms with E-state index in [-0.39, 0.29) is 40.8 Å². The molecule has 0 aliphatic carbocycles. The summed E-state index contributed by atoms with van der Waals surface area (Å²) in [6.45, 7) is 43.5. The van der Waals surface area contributed by atoms with Crippen LogP contribution < -0.4 is 29.4 Å². The standard InChI is InChI=1S/3C15H18N4.6C2H6.3CH4/c1-10-6-5-7-13(11(10)2)19-12(3)18(4)15-14(19)8-16-9-17-15;1-10-6-5-7-13(11(10)2)19-12(3)18(4)14-8-16-9-17-15(14)19;1-10-6-5-7-13(11(10)2)19-12(3)18(4)14-15(19)17-9-8-16-14;6*1-2;;;/h3*5-9,12H,1-4H3;6*1-2H3;3*1H4/t3*12-;;;;;;;;;/m000........./s1. The molecule has 0 amide bonds. The second kappa shape index (κ2) is 34.9. The summed E-state index contributed by atoms with van der Waals surface area (Å²) in [4.78, 5) is 39.5. The van der Waals surface area contributed by atoms with E-state index in [1.165, 1.54) is 50.4 Å². The van der Waals surface area contributed by atoms with Crippen LogP contribution in [0.25, 0.3) is 0 Å². The Balaban J connectivity index is -0.000000879. The molecule has 0 bridgehead atoms. The van der Waals surface area contributed by atoms with E-state index in [9.17, 15) is 0 Å². The molecule has 12 heteroatoms. The van der Waals surface area contributed by atoms with Gasteiger partial charge in [-0.25, -0.2) is 29.9 Å². The fourth-order valence-corrected chi connectivity index (χ4v) is 7.83. The van der Waals surface area contributed by atoms with Gasteiger partial charge in [-0.3, -0.25) is 0 Å². The van der Waals surface area contributed by atoms with Gasteiger partial charge in [-0.1, -0.05) is 142 Å². The molecule has 0 saturated carbocycles. The molecule has 0 N–H and O–H groups in total. The Kier molecular flexibility index (Phi) is 33.9. The summed E-state index contributed by atoms with van der Waals surface area (Å²) < 4.78 is 0. The summed E-state index contributed by atoms with van der Waals surface area (Å²) in [5.41, 5.74) is 13.6. The molecule has 3 aliphatic heterocycles. The van der Waals surface area contributed by atoms with Crippen LogP contribution in [0, 0.1) is 41.5 Å². The predicted molar refractivity (Wildman–Crippen MR) is 322 cm³/mol. The predicted octanol–water partition coefficient (Wildman–Crippen LogP) is 17.1. The monoisotopic (exact) mass is 991 g/mol. The summed E-state index contributed by atoms with van der Waals surface area (Å²) in [5, 5.41) is 0. The van der Waals surface area contributed by atoms with E-state index in [1.54, 1.807) is 25.0 Å².